The number of carbonyl (C=O) groups excluding carboxylic acids is 3. The normalized spacial score (nSPS) is 11.6. The molecule has 0 aromatic rings. The third-order valence-electron chi connectivity index (χ3n) is 12.2. The fourth-order valence-electron chi connectivity index (χ4n) is 7.77. The lowest BCUT2D eigenvalue weighted by Crippen LogP contribution is -2.44. The lowest BCUT2D eigenvalue weighted by molar-refractivity contribution is -0.122. The van der Waals surface area contributed by atoms with Crippen LogP contribution in [0.3, 0.4) is 0 Å². The van der Waals surface area contributed by atoms with Gasteiger partial charge < -0.3 is 36.6 Å². The van der Waals surface area contributed by atoms with E-state index in [0.717, 1.165) is 45.1 Å². The summed E-state index contributed by atoms with van der Waals surface area (Å²) in [6.07, 6.45) is 40.6. The van der Waals surface area contributed by atoms with E-state index in [2.05, 4.69) is 42.0 Å². The first kappa shape index (κ1) is 66.5. The molecule has 0 spiro atoms. The number of hydrogen-bond donors (Lipinski definition) is 7. The van der Waals surface area contributed by atoms with Gasteiger partial charge in [0.2, 0.25) is 17.7 Å². The van der Waals surface area contributed by atoms with E-state index in [0.29, 0.717) is 52.0 Å². The maximum atomic E-state index is 12.3. The molecule has 0 saturated carbocycles. The van der Waals surface area contributed by atoms with Gasteiger partial charge in [-0.1, -0.05) is 208 Å². The van der Waals surface area contributed by atoms with Crippen LogP contribution in [-0.2, 0) is 14.4 Å². The van der Waals surface area contributed by atoms with Gasteiger partial charge in [-0.2, -0.15) is 0 Å². The Morgan fingerprint density at radius 1 is 0.391 bits per heavy atom. The number of rotatable bonds is 48. The minimum atomic E-state index is -0.454. The number of carbonyl (C=O) groups is 3. The summed E-state index contributed by atoms with van der Waals surface area (Å²) in [6, 6.07) is -0.339. The van der Waals surface area contributed by atoms with Gasteiger partial charge in [0.15, 0.2) is 0 Å². The molecule has 0 aliphatic carbocycles. The van der Waals surface area contributed by atoms with Crippen molar-refractivity contribution in [1.82, 2.24) is 26.2 Å². The van der Waals surface area contributed by atoms with Crippen LogP contribution in [0.15, 0.2) is 0 Å². The number of nitrogens with one attached hydrogen (secondary N) is 4. The van der Waals surface area contributed by atoms with Gasteiger partial charge >= 0.3 is 0 Å². The Morgan fingerprint density at radius 2 is 0.672 bits per heavy atom. The first-order chi connectivity index (χ1) is 30.8. The zero-order chi connectivity index (χ0) is 46.7. The molecule has 384 valence electrons. The van der Waals surface area contributed by atoms with Gasteiger partial charge in [-0.05, 0) is 25.7 Å². The highest BCUT2D eigenvalue weighted by atomic mass is 16.3. The van der Waals surface area contributed by atoms with Crippen LogP contribution < -0.4 is 21.3 Å². The molecule has 0 radical (unpaired) electrons. The van der Waals surface area contributed by atoms with Gasteiger partial charge in [-0.25, -0.2) is 0 Å². The summed E-state index contributed by atoms with van der Waals surface area (Å²) in [5.74, 6) is 0.0862. The van der Waals surface area contributed by atoms with Gasteiger partial charge in [0.05, 0.1) is 25.9 Å². The molecular formula is C53H111N5O6. The summed E-state index contributed by atoms with van der Waals surface area (Å²) in [7, 11) is 0. The summed E-state index contributed by atoms with van der Waals surface area (Å²) in [6.45, 7) is 12.2. The fraction of sp³-hybridized carbons (Fsp3) is 0.943. The van der Waals surface area contributed by atoms with Gasteiger partial charge in [-0.15, -0.1) is 0 Å². The monoisotopic (exact) mass is 914 g/mol. The van der Waals surface area contributed by atoms with Gasteiger partial charge in [0, 0.05) is 64.6 Å². The number of hydrogen-bond acceptors (Lipinski definition) is 8. The van der Waals surface area contributed by atoms with E-state index in [1.807, 2.05) is 11.8 Å². The zero-order valence-electron chi connectivity index (χ0n) is 42.1. The number of unbranched alkanes of at least 4 members (excludes halogenated alkanes) is 27. The molecule has 1 unspecified atom stereocenters. The molecule has 0 fully saturated rings. The molecule has 0 rings (SSSR count). The Hall–Kier alpha value is -1.79. The second-order valence-electron chi connectivity index (χ2n) is 18.1. The molecule has 11 heteroatoms. The molecular weight excluding hydrogens is 803 g/mol. The zero-order valence-corrected chi connectivity index (χ0v) is 42.1. The SMILES string of the molecule is C.CCCCCCCCCCCCNC(=O)CCN(CCC(=O)NCCCCCCCCCCCC)C(CO)CO.CCCCCCCCCCCCNC(=O)CCNC(CC)CO. The van der Waals surface area contributed by atoms with Crippen LogP contribution in [0.1, 0.15) is 253 Å². The first-order valence-electron chi connectivity index (χ1n) is 26.9. The molecule has 0 bridgehead atoms. The maximum absolute atomic E-state index is 12.3. The Balaban J connectivity index is -0.00000132. The smallest absolute Gasteiger partial charge is 0.221 e. The van der Waals surface area contributed by atoms with Crippen LogP contribution in [0.25, 0.3) is 0 Å². The molecule has 0 heterocycles. The van der Waals surface area contributed by atoms with Crippen LogP contribution in [0.4, 0.5) is 0 Å². The highest BCUT2D eigenvalue weighted by Crippen LogP contribution is 2.13. The molecule has 0 aromatic heterocycles. The van der Waals surface area contributed by atoms with Crippen LogP contribution in [0, 0.1) is 0 Å². The molecule has 1 atom stereocenters. The molecule has 0 aliphatic heterocycles. The van der Waals surface area contributed by atoms with E-state index < -0.39 is 6.04 Å². The highest BCUT2D eigenvalue weighted by Gasteiger charge is 2.19. The topological polar surface area (TPSA) is 163 Å². The number of aliphatic hydroxyl groups excluding tert-OH is 3. The van der Waals surface area contributed by atoms with E-state index in [4.69, 9.17) is 5.11 Å². The third kappa shape index (κ3) is 49.6. The summed E-state index contributed by atoms with van der Waals surface area (Å²) >= 11 is 0. The van der Waals surface area contributed by atoms with E-state index in [1.165, 1.54) is 161 Å². The lowest BCUT2D eigenvalue weighted by atomic mass is 10.1. The van der Waals surface area contributed by atoms with Crippen LogP contribution >= 0.6 is 0 Å². The average molecular weight is 914 g/mol. The Morgan fingerprint density at radius 3 is 0.938 bits per heavy atom. The van der Waals surface area contributed by atoms with E-state index in [-0.39, 0.29) is 51.0 Å². The van der Waals surface area contributed by atoms with E-state index >= 15 is 0 Å². The lowest BCUT2D eigenvalue weighted by Gasteiger charge is -2.28. The number of aliphatic hydroxyl groups is 3. The van der Waals surface area contributed by atoms with Gasteiger partial charge in [0.25, 0.3) is 0 Å². The van der Waals surface area contributed by atoms with E-state index in [9.17, 15) is 24.6 Å². The number of amides is 3. The third-order valence-corrected chi connectivity index (χ3v) is 12.2. The van der Waals surface area contributed by atoms with Crippen molar-refractivity contribution in [3.8, 4) is 0 Å². The minimum Gasteiger partial charge on any atom is -0.395 e. The standard InChI is InChI=1S/C33H67N3O4.C19H40N2O2.CH4/c1-3-5-7-9-11-13-15-17-19-21-25-34-32(39)23-27-36(31(29-37)30-38)28-24-33(40)35-26-22-20-18-16-14-12-10-8-6-4-2;1-3-5-6-7-8-9-10-11-12-13-15-21-19(23)14-16-20-18(4-2)17-22;/h31,37-38H,3-30H2,1-2H3,(H,34,39)(H,35,40);18,20,22H,3-17H2,1-2H3,(H,21,23);1H4. The van der Waals surface area contributed by atoms with Crippen molar-refractivity contribution in [2.45, 2.75) is 266 Å². The van der Waals surface area contributed by atoms with Crippen molar-refractivity contribution < 1.29 is 29.7 Å². The maximum Gasteiger partial charge on any atom is 0.221 e. The molecule has 0 aromatic carbocycles. The molecule has 3 amide bonds. The molecule has 0 saturated heterocycles. The molecule has 0 aliphatic rings. The average Bonchev–Trinajstić information content (AvgIpc) is 3.29. The van der Waals surface area contributed by atoms with Crippen molar-refractivity contribution in [3.05, 3.63) is 0 Å². The van der Waals surface area contributed by atoms with Crippen LogP contribution in [0.5, 0.6) is 0 Å². The summed E-state index contributed by atoms with van der Waals surface area (Å²) in [5.41, 5.74) is 0. The second kappa shape index (κ2) is 55.5. The van der Waals surface area contributed by atoms with Crippen molar-refractivity contribution >= 4 is 17.7 Å². The quantitative estimate of drug-likeness (QED) is 0.0297. The van der Waals surface area contributed by atoms with Crippen LogP contribution in [-0.4, -0.2) is 109 Å². The molecule has 11 nitrogen and oxygen atoms in total. The largest absolute Gasteiger partial charge is 0.395 e. The summed E-state index contributed by atoms with van der Waals surface area (Å²) < 4.78 is 0. The summed E-state index contributed by atoms with van der Waals surface area (Å²) in [4.78, 5) is 38.2. The van der Waals surface area contributed by atoms with E-state index in [1.54, 1.807) is 0 Å². The van der Waals surface area contributed by atoms with Crippen molar-refractivity contribution in [1.29, 1.82) is 0 Å². The van der Waals surface area contributed by atoms with Crippen LogP contribution in [0.2, 0.25) is 0 Å². The minimum absolute atomic E-state index is 0. The summed E-state index contributed by atoms with van der Waals surface area (Å²) in [5, 5.41) is 40.5. The van der Waals surface area contributed by atoms with Gasteiger partial charge in [0.1, 0.15) is 0 Å². The predicted molar refractivity (Wildman–Crippen MR) is 274 cm³/mol. The Bertz CT molecular complexity index is 910. The van der Waals surface area contributed by atoms with Crippen molar-refractivity contribution in [2.24, 2.45) is 0 Å². The molecule has 64 heavy (non-hydrogen) atoms. The highest BCUT2D eigenvalue weighted by molar-refractivity contribution is 5.77. The Kier molecular flexibility index (Phi) is 57.7. The predicted octanol–water partition coefficient (Wildman–Crippen LogP) is 10.9. The molecule has 7 N–H and O–H groups in total. The first-order valence-corrected chi connectivity index (χ1v) is 26.9. The van der Waals surface area contributed by atoms with Gasteiger partial charge in [-0.3, -0.25) is 19.3 Å². The number of nitrogens with zero attached hydrogens (tertiary/aromatic N) is 1. The Labute approximate surface area is 397 Å². The van der Waals surface area contributed by atoms with Crippen molar-refractivity contribution in [2.75, 3.05) is 59.1 Å². The fourth-order valence-corrected chi connectivity index (χ4v) is 7.77. The van der Waals surface area contributed by atoms with Crippen molar-refractivity contribution in [3.63, 3.8) is 0 Å². The second-order valence-corrected chi connectivity index (χ2v) is 18.1.